The summed E-state index contributed by atoms with van der Waals surface area (Å²) in [6, 6.07) is 7.76. The molecule has 2 atom stereocenters. The zero-order valence-corrected chi connectivity index (χ0v) is 20.5. The van der Waals surface area contributed by atoms with Crippen LogP contribution in [0.1, 0.15) is 38.2 Å². The number of piperidine rings is 1. The van der Waals surface area contributed by atoms with Crippen LogP contribution in [0.5, 0.6) is 0 Å². The number of carbonyl (C=O) groups excluding carboxylic acids is 2. The van der Waals surface area contributed by atoms with E-state index in [2.05, 4.69) is 20.0 Å². The Balaban J connectivity index is 1.62. The highest BCUT2D eigenvalue weighted by Crippen LogP contribution is 2.21. The minimum absolute atomic E-state index is 0.120. The third kappa shape index (κ3) is 7.17. The second-order valence-electron chi connectivity index (χ2n) is 8.94. The van der Waals surface area contributed by atoms with Gasteiger partial charge in [-0.1, -0.05) is 30.3 Å². The van der Waals surface area contributed by atoms with Crippen molar-refractivity contribution in [2.45, 2.75) is 51.1 Å². The Kier molecular flexibility index (Phi) is 9.28. The maximum Gasteiger partial charge on any atom is 0.242 e. The van der Waals surface area contributed by atoms with Crippen molar-refractivity contribution in [2.24, 2.45) is 16.9 Å². The van der Waals surface area contributed by atoms with Gasteiger partial charge in [-0.15, -0.1) is 0 Å². The average Bonchev–Trinajstić information content (AvgIpc) is 3.33. The molecule has 0 unspecified atom stereocenters. The molecule has 0 bridgehead atoms. The minimum Gasteiger partial charge on any atom is -0.361 e. The van der Waals surface area contributed by atoms with E-state index in [1.54, 1.807) is 11.2 Å². The molecule has 2 amide bonds. The van der Waals surface area contributed by atoms with Crippen molar-refractivity contribution in [2.75, 3.05) is 31.9 Å². The van der Waals surface area contributed by atoms with Crippen LogP contribution in [0.2, 0.25) is 0 Å². The van der Waals surface area contributed by atoms with E-state index in [1.165, 1.54) is 6.92 Å². The molecule has 4 N–H and O–H groups in total. The van der Waals surface area contributed by atoms with Gasteiger partial charge in [-0.25, -0.2) is 13.1 Å². The quantitative estimate of drug-likeness (QED) is 0.185. The molecule has 2 aliphatic heterocycles. The van der Waals surface area contributed by atoms with Crippen LogP contribution in [0.15, 0.2) is 35.4 Å². The number of benzene rings is 1. The lowest BCUT2D eigenvalue weighted by Gasteiger charge is -2.31. The van der Waals surface area contributed by atoms with Crippen LogP contribution < -0.4 is 15.9 Å². The molecule has 0 radical (unpaired) electrons. The molecule has 0 aromatic heterocycles. The van der Waals surface area contributed by atoms with Crippen LogP contribution in [0.3, 0.4) is 0 Å². The maximum absolute atomic E-state index is 13.5. The summed E-state index contributed by atoms with van der Waals surface area (Å²) < 4.78 is 27.1. The first kappa shape index (κ1) is 26.0. The number of nitrogens with zero attached hydrogens (tertiary/aromatic N) is 3. The molecule has 10 nitrogen and oxygen atoms in total. The summed E-state index contributed by atoms with van der Waals surface area (Å²) >= 11 is 0. The van der Waals surface area contributed by atoms with E-state index in [9.17, 15) is 18.0 Å². The van der Waals surface area contributed by atoms with Crippen molar-refractivity contribution in [3.8, 4) is 0 Å². The molecule has 2 fully saturated rings. The average molecular weight is 493 g/mol. The topological polar surface area (TPSA) is 137 Å². The van der Waals surface area contributed by atoms with Gasteiger partial charge in [0.2, 0.25) is 21.8 Å². The highest BCUT2D eigenvalue weighted by molar-refractivity contribution is 7.89. The Labute approximate surface area is 202 Å². The highest BCUT2D eigenvalue weighted by atomic mass is 32.2. The van der Waals surface area contributed by atoms with Crippen molar-refractivity contribution >= 4 is 28.2 Å². The van der Waals surface area contributed by atoms with Crippen molar-refractivity contribution in [3.63, 3.8) is 0 Å². The van der Waals surface area contributed by atoms with Gasteiger partial charge in [-0.3, -0.25) is 9.59 Å². The number of rotatable bonds is 10. The van der Waals surface area contributed by atoms with Crippen molar-refractivity contribution in [1.82, 2.24) is 19.8 Å². The number of likely N-dealkylation sites (tertiary alicyclic amines) is 2. The van der Waals surface area contributed by atoms with Gasteiger partial charge >= 0.3 is 0 Å². The Morgan fingerprint density at radius 2 is 1.88 bits per heavy atom. The third-order valence-corrected chi connectivity index (χ3v) is 7.97. The summed E-state index contributed by atoms with van der Waals surface area (Å²) in [4.78, 5) is 30.1. The van der Waals surface area contributed by atoms with Crippen LogP contribution in [0.4, 0.5) is 0 Å². The predicted molar refractivity (Wildman–Crippen MR) is 131 cm³/mol. The SMILES string of the molecule is CCS(=O)(=O)N[C@H](Cc1ccccc1)C(=O)N1CCC[C@H]1C(=O)NCC1CCN(C=NN)CC1. The first-order valence-electron chi connectivity index (χ1n) is 11.9. The van der Waals surface area contributed by atoms with E-state index >= 15 is 0 Å². The summed E-state index contributed by atoms with van der Waals surface area (Å²) in [7, 11) is -3.60. The fraction of sp³-hybridized carbons (Fsp3) is 0.609. The molecule has 2 aliphatic rings. The number of sulfonamides is 1. The lowest BCUT2D eigenvalue weighted by molar-refractivity contribution is -0.139. The molecular weight excluding hydrogens is 456 g/mol. The fourth-order valence-corrected chi connectivity index (χ4v) is 5.35. The molecule has 0 aliphatic carbocycles. The van der Waals surface area contributed by atoms with Gasteiger partial charge in [-0.05, 0) is 50.5 Å². The Morgan fingerprint density at radius 3 is 2.53 bits per heavy atom. The number of nitrogens with two attached hydrogens (primary N) is 1. The summed E-state index contributed by atoms with van der Waals surface area (Å²) in [5.74, 6) is 4.92. The summed E-state index contributed by atoms with van der Waals surface area (Å²) in [5, 5.41) is 6.58. The lowest BCUT2D eigenvalue weighted by Crippen LogP contribution is -2.54. The normalized spacial score (nSPS) is 20.6. The molecule has 1 aromatic carbocycles. The monoisotopic (exact) mass is 492 g/mol. The second-order valence-corrected chi connectivity index (χ2v) is 11.0. The van der Waals surface area contributed by atoms with Crippen LogP contribution in [-0.2, 0) is 26.0 Å². The fourth-order valence-electron chi connectivity index (χ4n) is 4.56. The zero-order chi connectivity index (χ0) is 24.6. The van der Waals surface area contributed by atoms with Gasteiger partial charge in [0.05, 0.1) is 5.75 Å². The second kappa shape index (κ2) is 12.2. The van der Waals surface area contributed by atoms with Crippen molar-refractivity contribution < 1.29 is 18.0 Å². The van der Waals surface area contributed by atoms with E-state index in [-0.39, 0.29) is 24.0 Å². The molecule has 2 heterocycles. The molecule has 188 valence electrons. The van der Waals surface area contributed by atoms with Gasteiger partial charge in [0, 0.05) is 26.2 Å². The van der Waals surface area contributed by atoms with Crippen LogP contribution in [-0.4, -0.2) is 80.4 Å². The number of hydrogen-bond acceptors (Lipinski definition) is 6. The third-order valence-electron chi connectivity index (χ3n) is 6.57. The molecule has 0 spiro atoms. The van der Waals surface area contributed by atoms with Gasteiger partial charge in [-0.2, -0.15) is 5.10 Å². The Bertz CT molecular complexity index is 947. The largest absolute Gasteiger partial charge is 0.361 e. The first-order valence-corrected chi connectivity index (χ1v) is 13.6. The van der Waals surface area contributed by atoms with Crippen LogP contribution in [0, 0.1) is 5.92 Å². The van der Waals surface area contributed by atoms with E-state index < -0.39 is 22.1 Å². The van der Waals surface area contributed by atoms with Gasteiger partial charge < -0.3 is 21.0 Å². The zero-order valence-electron chi connectivity index (χ0n) is 19.7. The molecule has 0 saturated carbocycles. The summed E-state index contributed by atoms with van der Waals surface area (Å²) in [6.07, 6.45) is 5.00. The summed E-state index contributed by atoms with van der Waals surface area (Å²) in [5.41, 5.74) is 0.853. The molecule has 11 heteroatoms. The molecule has 2 saturated heterocycles. The van der Waals surface area contributed by atoms with Crippen LogP contribution in [0.25, 0.3) is 0 Å². The highest BCUT2D eigenvalue weighted by Gasteiger charge is 2.38. The Hall–Kier alpha value is -2.66. The number of hydrogen-bond donors (Lipinski definition) is 3. The molecule has 3 rings (SSSR count). The number of nitrogens with one attached hydrogen (secondary N) is 2. The van der Waals surface area contributed by atoms with Crippen LogP contribution >= 0.6 is 0 Å². The minimum atomic E-state index is -3.60. The van der Waals surface area contributed by atoms with Gasteiger partial charge in [0.25, 0.3) is 0 Å². The Morgan fingerprint density at radius 1 is 1.18 bits per heavy atom. The molecule has 1 aromatic rings. The van der Waals surface area contributed by atoms with E-state index in [4.69, 9.17) is 5.84 Å². The van der Waals surface area contributed by atoms with E-state index in [0.717, 1.165) is 31.5 Å². The lowest BCUT2D eigenvalue weighted by atomic mass is 9.97. The molecule has 34 heavy (non-hydrogen) atoms. The predicted octanol–water partition coefficient (Wildman–Crippen LogP) is 0.258. The molecular formula is C23H36N6O4S. The number of hydrazone groups is 1. The standard InChI is InChI=1S/C23H36N6O4S/c1-2-34(32,33)27-20(15-18-7-4-3-5-8-18)23(31)29-12-6-9-21(29)22(30)25-16-19-10-13-28(14-11-19)17-26-24/h3-5,7-8,17,19-21,27H,2,6,9-16,24H2,1H3,(H,25,30)/t20-,21+/m1/s1. The van der Waals surface area contributed by atoms with Crippen molar-refractivity contribution in [3.05, 3.63) is 35.9 Å². The van der Waals surface area contributed by atoms with E-state index in [0.29, 0.717) is 31.8 Å². The first-order chi connectivity index (χ1) is 16.3. The summed E-state index contributed by atoms with van der Waals surface area (Å²) in [6.45, 7) is 4.21. The van der Waals surface area contributed by atoms with Gasteiger partial charge in [0.1, 0.15) is 18.4 Å². The smallest absolute Gasteiger partial charge is 0.242 e. The van der Waals surface area contributed by atoms with E-state index in [1.807, 2.05) is 30.3 Å². The van der Waals surface area contributed by atoms with Gasteiger partial charge in [0.15, 0.2) is 0 Å². The number of carbonyl (C=O) groups is 2. The number of amides is 2. The maximum atomic E-state index is 13.5. The van der Waals surface area contributed by atoms with Crippen molar-refractivity contribution in [1.29, 1.82) is 0 Å².